The van der Waals surface area contributed by atoms with E-state index in [4.69, 9.17) is 22.6 Å². The Morgan fingerprint density at radius 3 is 2.45 bits per heavy atom. The Morgan fingerprint density at radius 1 is 1.26 bits per heavy atom. The summed E-state index contributed by atoms with van der Waals surface area (Å²) in [6.45, 7) is -0.0383. The van der Waals surface area contributed by atoms with Gasteiger partial charge in [0.15, 0.2) is 0 Å². The first kappa shape index (κ1) is 22.7. The molecule has 3 N–H and O–H groups in total. The predicted octanol–water partition coefficient (Wildman–Crippen LogP) is 3.75. The van der Waals surface area contributed by atoms with Crippen LogP contribution >= 0.6 is 22.9 Å². The first-order chi connectivity index (χ1) is 14.8. The van der Waals surface area contributed by atoms with E-state index >= 15 is 0 Å². The van der Waals surface area contributed by atoms with Crippen LogP contribution in [0.25, 0.3) is 21.3 Å². The van der Waals surface area contributed by atoms with E-state index in [0.717, 1.165) is 29.9 Å². The molecule has 0 unspecified atom stereocenters. The van der Waals surface area contributed by atoms with Crippen LogP contribution in [0.4, 0.5) is 8.78 Å². The van der Waals surface area contributed by atoms with Gasteiger partial charge in [-0.05, 0) is 48.2 Å². The first-order valence-electron chi connectivity index (χ1n) is 9.20. The van der Waals surface area contributed by atoms with Gasteiger partial charge in [0.25, 0.3) is 0 Å². The van der Waals surface area contributed by atoms with Crippen molar-refractivity contribution < 1.29 is 18.4 Å². The van der Waals surface area contributed by atoms with Gasteiger partial charge in [-0.1, -0.05) is 11.6 Å². The monoisotopic (exact) mass is 462 g/mol. The molecule has 1 saturated carbocycles. The summed E-state index contributed by atoms with van der Waals surface area (Å²) < 4.78 is 27.4. The third-order valence-corrected chi connectivity index (χ3v) is 5.79. The molecule has 0 bridgehead atoms. The minimum absolute atomic E-state index is 0.0383. The molecule has 1 aliphatic rings. The van der Waals surface area contributed by atoms with Crippen LogP contribution in [0.1, 0.15) is 17.8 Å². The fourth-order valence-corrected chi connectivity index (χ4v) is 4.09. The fourth-order valence-electron chi connectivity index (χ4n) is 2.79. The molecule has 6 nitrogen and oxygen atoms in total. The van der Waals surface area contributed by atoms with Crippen LogP contribution < -0.4 is 11.1 Å². The minimum Gasteiger partial charge on any atom is -0.337 e. The van der Waals surface area contributed by atoms with Crippen molar-refractivity contribution in [1.82, 2.24) is 10.3 Å². The summed E-state index contributed by atoms with van der Waals surface area (Å²) in [5.41, 5.74) is 6.09. The van der Waals surface area contributed by atoms with Crippen molar-refractivity contribution in [2.75, 3.05) is 6.54 Å². The number of nitriles is 1. The molecule has 10 heteroatoms. The van der Waals surface area contributed by atoms with Crippen LogP contribution in [0.2, 0.25) is 5.02 Å². The highest BCUT2D eigenvalue weighted by atomic mass is 35.5. The highest BCUT2D eigenvalue weighted by Gasteiger charge is 2.44. The number of nitrogens with zero attached hydrogens (tertiary/aromatic N) is 2. The lowest BCUT2D eigenvalue weighted by Gasteiger charge is -2.05. The predicted molar refractivity (Wildman–Crippen MR) is 115 cm³/mol. The van der Waals surface area contributed by atoms with Gasteiger partial charge in [0.1, 0.15) is 34.0 Å². The normalized spacial score (nSPS) is 13.6. The number of nitrogens with two attached hydrogens (primary N) is 1. The number of halogens is 3. The number of carbonyl (C=O) groups excluding carboxylic acids is 2. The Bertz CT molecular complexity index is 1170. The van der Waals surface area contributed by atoms with Gasteiger partial charge in [0, 0.05) is 6.07 Å². The van der Waals surface area contributed by atoms with E-state index in [1.165, 1.54) is 23.5 Å². The topological polar surface area (TPSA) is 109 Å². The number of fused-ring (bicyclic) bond motifs is 1. The number of aromatic nitrogens is 1. The summed E-state index contributed by atoms with van der Waals surface area (Å²) in [4.78, 5) is 25.5. The number of hydrogen-bond donors (Lipinski definition) is 2. The molecule has 0 spiro atoms. The van der Waals surface area contributed by atoms with Crippen LogP contribution in [0.3, 0.4) is 0 Å². The molecule has 31 heavy (non-hydrogen) atoms. The lowest BCUT2D eigenvalue weighted by Crippen LogP contribution is -2.39. The SMILES string of the molecule is N#CC1(NC(=O)CN)CC1.O=CCc1nc2c(Cl)cc(-c3cc(F)cc(F)c3)cc2s1. The highest BCUT2D eigenvalue weighted by Crippen LogP contribution is 2.35. The Kier molecular flexibility index (Phi) is 6.95. The zero-order valence-electron chi connectivity index (χ0n) is 16.1. The van der Waals surface area contributed by atoms with Crippen LogP contribution in [0, 0.1) is 23.0 Å². The lowest BCUT2D eigenvalue weighted by molar-refractivity contribution is -0.120. The van der Waals surface area contributed by atoms with Crippen LogP contribution in [0.5, 0.6) is 0 Å². The molecule has 0 aliphatic heterocycles. The van der Waals surface area contributed by atoms with Gasteiger partial charge in [-0.15, -0.1) is 11.3 Å². The first-order valence-corrected chi connectivity index (χ1v) is 10.4. The maximum Gasteiger partial charge on any atom is 0.234 e. The molecule has 4 rings (SSSR count). The van der Waals surface area contributed by atoms with Gasteiger partial charge in [0.2, 0.25) is 5.91 Å². The van der Waals surface area contributed by atoms with Gasteiger partial charge in [-0.3, -0.25) is 4.79 Å². The van der Waals surface area contributed by atoms with E-state index in [1.807, 2.05) is 6.07 Å². The van der Waals surface area contributed by atoms with Gasteiger partial charge in [0.05, 0.1) is 28.8 Å². The van der Waals surface area contributed by atoms with Crippen molar-refractivity contribution in [1.29, 1.82) is 5.26 Å². The molecular weight excluding hydrogens is 446 g/mol. The van der Waals surface area contributed by atoms with E-state index < -0.39 is 17.2 Å². The summed E-state index contributed by atoms with van der Waals surface area (Å²) in [5.74, 6) is -1.54. The van der Waals surface area contributed by atoms with E-state index in [-0.39, 0.29) is 18.9 Å². The molecule has 160 valence electrons. The average molecular weight is 463 g/mol. The molecule has 0 saturated heterocycles. The second kappa shape index (κ2) is 9.47. The summed E-state index contributed by atoms with van der Waals surface area (Å²) in [6.07, 6.45) is 2.51. The Hall–Kier alpha value is -2.93. The number of aldehydes is 1. The van der Waals surface area contributed by atoms with Crippen LogP contribution in [0.15, 0.2) is 30.3 Å². The standard InChI is InChI=1S/C15H8ClF2NOS.C6H9N3O/c16-12-5-9(8-3-10(17)7-11(18)4-8)6-13-15(12)19-14(21-13)1-2-20;7-3-5(10)9-6(4-8)1-2-6/h2-7H,1H2;1-3,7H2,(H,9,10). The maximum absolute atomic E-state index is 13.3. The summed E-state index contributed by atoms with van der Waals surface area (Å²) in [7, 11) is 0. The fraction of sp³-hybridized carbons (Fsp3) is 0.238. The molecule has 0 atom stereocenters. The third kappa shape index (κ3) is 5.61. The van der Waals surface area contributed by atoms with Crippen molar-refractivity contribution >= 4 is 45.3 Å². The average Bonchev–Trinajstić information content (AvgIpc) is 3.37. The second-order valence-electron chi connectivity index (χ2n) is 6.89. The molecular formula is C21H17ClF2N4O2S. The zero-order chi connectivity index (χ0) is 22.6. The second-order valence-corrected chi connectivity index (χ2v) is 8.41. The highest BCUT2D eigenvalue weighted by molar-refractivity contribution is 7.18. The van der Waals surface area contributed by atoms with E-state index in [2.05, 4.69) is 10.3 Å². The Balaban J connectivity index is 0.000000229. The largest absolute Gasteiger partial charge is 0.337 e. The Morgan fingerprint density at radius 2 is 1.90 bits per heavy atom. The summed E-state index contributed by atoms with van der Waals surface area (Å²) >= 11 is 7.51. The molecule has 1 heterocycles. The van der Waals surface area contributed by atoms with Crippen molar-refractivity contribution in [3.05, 3.63) is 52.0 Å². The molecule has 2 aromatic carbocycles. The van der Waals surface area contributed by atoms with Gasteiger partial charge in [-0.2, -0.15) is 5.26 Å². The minimum atomic E-state index is -0.646. The van der Waals surface area contributed by atoms with Gasteiger partial charge in [-0.25, -0.2) is 13.8 Å². The molecule has 1 aliphatic carbocycles. The lowest BCUT2D eigenvalue weighted by atomic mass is 10.1. The number of amides is 1. The molecule has 0 radical (unpaired) electrons. The Labute approximate surface area is 185 Å². The van der Waals surface area contributed by atoms with Crippen LogP contribution in [-0.2, 0) is 16.0 Å². The van der Waals surface area contributed by atoms with Crippen molar-refractivity contribution in [3.63, 3.8) is 0 Å². The third-order valence-electron chi connectivity index (χ3n) is 4.47. The molecule has 3 aromatic rings. The molecule has 1 aromatic heterocycles. The molecule has 1 amide bonds. The number of carbonyl (C=O) groups is 2. The number of hydrogen-bond acceptors (Lipinski definition) is 6. The van der Waals surface area contributed by atoms with Crippen LogP contribution in [-0.4, -0.2) is 29.3 Å². The number of thiazole rings is 1. The summed E-state index contributed by atoms with van der Waals surface area (Å²) in [6, 6.07) is 8.71. The van der Waals surface area contributed by atoms with E-state index in [1.54, 1.807) is 12.1 Å². The quantitative estimate of drug-likeness (QED) is 0.561. The summed E-state index contributed by atoms with van der Waals surface area (Å²) in [5, 5.41) is 12.1. The van der Waals surface area contributed by atoms with Crippen molar-refractivity contribution in [3.8, 4) is 17.2 Å². The van der Waals surface area contributed by atoms with Crippen molar-refractivity contribution in [2.24, 2.45) is 5.73 Å². The number of nitrogens with one attached hydrogen (secondary N) is 1. The van der Waals surface area contributed by atoms with E-state index in [9.17, 15) is 18.4 Å². The number of rotatable bonds is 5. The molecule has 1 fully saturated rings. The van der Waals surface area contributed by atoms with Gasteiger partial charge >= 0.3 is 0 Å². The smallest absolute Gasteiger partial charge is 0.234 e. The number of benzene rings is 2. The van der Waals surface area contributed by atoms with Crippen molar-refractivity contribution in [2.45, 2.75) is 24.8 Å². The van der Waals surface area contributed by atoms with E-state index in [0.29, 0.717) is 26.7 Å². The van der Waals surface area contributed by atoms with Gasteiger partial charge < -0.3 is 15.8 Å². The zero-order valence-corrected chi connectivity index (χ0v) is 17.7. The maximum atomic E-state index is 13.3.